The first-order valence-electron chi connectivity index (χ1n) is 7.53. The minimum Gasteiger partial charge on any atom is -0.481 e. The Labute approximate surface area is 130 Å². The summed E-state index contributed by atoms with van der Waals surface area (Å²) in [7, 11) is 3.29. The van der Waals surface area contributed by atoms with Gasteiger partial charge in [-0.1, -0.05) is 0 Å². The molecule has 0 spiro atoms. The highest BCUT2D eigenvalue weighted by Gasteiger charge is 2.53. The maximum atomic E-state index is 12.5. The molecule has 22 heavy (non-hydrogen) atoms. The average molecular weight is 306 g/mol. The second kappa shape index (κ2) is 5.72. The van der Waals surface area contributed by atoms with Crippen molar-refractivity contribution in [1.82, 2.24) is 15.3 Å². The van der Waals surface area contributed by atoms with E-state index in [1.807, 2.05) is 6.92 Å². The van der Waals surface area contributed by atoms with Crippen LogP contribution >= 0.6 is 0 Å². The summed E-state index contributed by atoms with van der Waals surface area (Å²) < 4.78 is 10.8. The summed E-state index contributed by atoms with van der Waals surface area (Å²) in [4.78, 5) is 23.5. The zero-order valence-corrected chi connectivity index (χ0v) is 13.3. The van der Waals surface area contributed by atoms with Gasteiger partial charge in [-0.3, -0.25) is 4.79 Å². The zero-order valence-electron chi connectivity index (χ0n) is 13.3. The fraction of sp³-hybridized carbons (Fsp3) is 0.667. The second-order valence-electron chi connectivity index (χ2n) is 5.99. The molecular formula is C15H22N4O3. The maximum absolute atomic E-state index is 12.5. The Morgan fingerprint density at radius 2 is 2.36 bits per heavy atom. The smallest absolute Gasteiger partial charge is 0.228 e. The van der Waals surface area contributed by atoms with Gasteiger partial charge >= 0.3 is 0 Å². The number of nitrogens with zero attached hydrogens (tertiary/aromatic N) is 3. The lowest BCUT2D eigenvalue weighted by molar-refractivity contribution is -0.138. The molecule has 2 fully saturated rings. The minimum atomic E-state index is -0.409. The van der Waals surface area contributed by atoms with Crippen LogP contribution in [0.5, 0.6) is 5.88 Å². The van der Waals surface area contributed by atoms with Gasteiger partial charge in [-0.2, -0.15) is 4.98 Å². The third kappa shape index (κ3) is 2.39. The van der Waals surface area contributed by atoms with Crippen molar-refractivity contribution in [2.24, 2.45) is 11.3 Å². The van der Waals surface area contributed by atoms with Crippen molar-refractivity contribution in [3.05, 3.63) is 11.8 Å². The first-order chi connectivity index (χ1) is 10.6. The summed E-state index contributed by atoms with van der Waals surface area (Å²) in [6, 6.07) is 1.80. The van der Waals surface area contributed by atoms with Crippen molar-refractivity contribution >= 4 is 11.9 Å². The molecule has 0 aliphatic carbocycles. The lowest BCUT2D eigenvalue weighted by Crippen LogP contribution is -2.49. The summed E-state index contributed by atoms with van der Waals surface area (Å²) in [5, 5.41) is 2.82. The van der Waals surface area contributed by atoms with Crippen LogP contribution in [0.2, 0.25) is 0 Å². The van der Waals surface area contributed by atoms with Crippen molar-refractivity contribution in [2.45, 2.75) is 13.3 Å². The van der Waals surface area contributed by atoms with Crippen LogP contribution in [-0.4, -0.2) is 56.3 Å². The Balaban J connectivity index is 1.91. The molecular weight excluding hydrogens is 284 g/mol. The van der Waals surface area contributed by atoms with Gasteiger partial charge in [0, 0.05) is 44.4 Å². The molecule has 2 saturated heterocycles. The van der Waals surface area contributed by atoms with Crippen molar-refractivity contribution in [3.63, 3.8) is 0 Å². The number of carbonyl (C=O) groups excluding carboxylic acids is 1. The van der Waals surface area contributed by atoms with Crippen LogP contribution < -0.4 is 15.0 Å². The highest BCUT2D eigenvalue weighted by atomic mass is 16.5. The monoisotopic (exact) mass is 306 g/mol. The van der Waals surface area contributed by atoms with E-state index in [9.17, 15) is 4.79 Å². The number of aryl methyl sites for hydroxylation is 1. The number of aromatic nitrogens is 2. The summed E-state index contributed by atoms with van der Waals surface area (Å²) in [6.45, 7) is 4.48. The number of methoxy groups -OCH3 is 1. The quantitative estimate of drug-likeness (QED) is 0.870. The fourth-order valence-electron chi connectivity index (χ4n) is 3.49. The third-order valence-electron chi connectivity index (χ3n) is 4.70. The largest absolute Gasteiger partial charge is 0.481 e. The average Bonchev–Trinajstić information content (AvgIpc) is 2.94. The van der Waals surface area contributed by atoms with Gasteiger partial charge in [0.05, 0.1) is 19.1 Å². The van der Waals surface area contributed by atoms with Crippen LogP contribution in [0.25, 0.3) is 0 Å². The Morgan fingerprint density at radius 1 is 1.55 bits per heavy atom. The molecule has 120 valence electrons. The molecule has 0 radical (unpaired) electrons. The Morgan fingerprint density at radius 3 is 3.09 bits per heavy atom. The Kier molecular flexibility index (Phi) is 3.90. The number of hydrogen-bond donors (Lipinski definition) is 1. The highest BCUT2D eigenvalue weighted by Crippen LogP contribution is 2.43. The normalized spacial score (nSPS) is 27.4. The number of fused-ring (bicyclic) bond motifs is 1. The van der Waals surface area contributed by atoms with Crippen molar-refractivity contribution in [1.29, 1.82) is 0 Å². The van der Waals surface area contributed by atoms with Gasteiger partial charge in [-0.25, -0.2) is 4.98 Å². The van der Waals surface area contributed by atoms with Crippen LogP contribution in [-0.2, 0) is 9.53 Å². The van der Waals surface area contributed by atoms with E-state index in [0.29, 0.717) is 31.6 Å². The standard InChI is InChI=1S/C15H22N4O3/c1-10-6-12(21-3)18-14(17-10)19-7-11-8-22-5-4-15(11,9-19)13(20)16-2/h6,11H,4-5,7-9H2,1-3H3,(H,16,20). The number of hydrogen-bond acceptors (Lipinski definition) is 6. The van der Waals surface area contributed by atoms with E-state index < -0.39 is 5.41 Å². The molecule has 0 aromatic carbocycles. The number of rotatable bonds is 3. The fourth-order valence-corrected chi connectivity index (χ4v) is 3.49. The van der Waals surface area contributed by atoms with E-state index in [2.05, 4.69) is 20.2 Å². The third-order valence-corrected chi connectivity index (χ3v) is 4.70. The van der Waals surface area contributed by atoms with E-state index in [1.54, 1.807) is 20.2 Å². The molecule has 1 aromatic rings. The van der Waals surface area contributed by atoms with Crippen LogP contribution in [0.4, 0.5) is 5.95 Å². The number of ether oxygens (including phenoxy) is 2. The van der Waals surface area contributed by atoms with E-state index >= 15 is 0 Å². The first-order valence-corrected chi connectivity index (χ1v) is 7.53. The summed E-state index contributed by atoms with van der Waals surface area (Å²) in [5.41, 5.74) is 0.440. The Hall–Kier alpha value is -1.89. The van der Waals surface area contributed by atoms with Gasteiger partial charge in [-0.15, -0.1) is 0 Å². The zero-order chi connectivity index (χ0) is 15.7. The molecule has 3 rings (SSSR count). The topological polar surface area (TPSA) is 76.6 Å². The summed E-state index contributed by atoms with van der Waals surface area (Å²) in [5.74, 6) is 1.41. The predicted octanol–water partition coefficient (Wildman–Crippen LogP) is 0.383. The molecule has 2 unspecified atom stereocenters. The minimum absolute atomic E-state index is 0.0860. The van der Waals surface area contributed by atoms with Crippen molar-refractivity contribution < 1.29 is 14.3 Å². The molecule has 3 heterocycles. The lowest BCUT2D eigenvalue weighted by Gasteiger charge is -2.36. The number of nitrogens with one attached hydrogen (secondary N) is 1. The second-order valence-corrected chi connectivity index (χ2v) is 5.99. The van der Waals surface area contributed by atoms with Gasteiger partial charge in [-0.05, 0) is 13.3 Å². The lowest BCUT2D eigenvalue weighted by atomic mass is 9.73. The van der Waals surface area contributed by atoms with E-state index in [1.165, 1.54) is 0 Å². The molecule has 7 nitrogen and oxygen atoms in total. The van der Waals surface area contributed by atoms with Crippen LogP contribution in [0.1, 0.15) is 12.1 Å². The van der Waals surface area contributed by atoms with Crippen molar-refractivity contribution in [2.75, 3.05) is 45.4 Å². The maximum Gasteiger partial charge on any atom is 0.228 e. The molecule has 2 atom stereocenters. The van der Waals surface area contributed by atoms with Gasteiger partial charge < -0.3 is 19.7 Å². The molecule has 2 aliphatic heterocycles. The molecule has 1 amide bonds. The molecule has 2 aliphatic rings. The molecule has 1 N–H and O–H groups in total. The highest BCUT2D eigenvalue weighted by molar-refractivity contribution is 5.84. The summed E-state index contributed by atoms with van der Waals surface area (Å²) >= 11 is 0. The van der Waals surface area contributed by atoms with Gasteiger partial charge in [0.15, 0.2) is 0 Å². The van der Waals surface area contributed by atoms with Gasteiger partial charge in [0.1, 0.15) is 0 Å². The number of amides is 1. The molecule has 7 heteroatoms. The van der Waals surface area contributed by atoms with E-state index in [0.717, 1.165) is 18.7 Å². The molecule has 0 bridgehead atoms. The SMILES string of the molecule is CNC(=O)C12CCOCC1CN(c1nc(C)cc(OC)n1)C2. The van der Waals surface area contributed by atoms with Gasteiger partial charge in [0.2, 0.25) is 17.7 Å². The molecule has 0 saturated carbocycles. The summed E-state index contributed by atoms with van der Waals surface area (Å²) in [6.07, 6.45) is 0.733. The van der Waals surface area contributed by atoms with Gasteiger partial charge in [0.25, 0.3) is 0 Å². The number of anilines is 1. The first kappa shape index (κ1) is 15.0. The predicted molar refractivity (Wildman–Crippen MR) is 81.0 cm³/mol. The Bertz CT molecular complexity index is 580. The van der Waals surface area contributed by atoms with Crippen LogP contribution in [0.15, 0.2) is 6.07 Å². The molecule has 1 aromatic heterocycles. The van der Waals surface area contributed by atoms with Crippen LogP contribution in [0.3, 0.4) is 0 Å². The van der Waals surface area contributed by atoms with E-state index in [4.69, 9.17) is 9.47 Å². The van der Waals surface area contributed by atoms with Crippen LogP contribution in [0, 0.1) is 18.3 Å². The number of carbonyl (C=O) groups is 1. The van der Waals surface area contributed by atoms with E-state index in [-0.39, 0.29) is 11.8 Å². The van der Waals surface area contributed by atoms with Crippen molar-refractivity contribution in [3.8, 4) is 5.88 Å².